The van der Waals surface area contributed by atoms with Crippen LogP contribution in [-0.2, 0) is 10.0 Å². The average Bonchev–Trinajstić information content (AvgIpc) is 2.84. The van der Waals surface area contributed by atoms with Gasteiger partial charge in [-0.3, -0.25) is 5.10 Å². The lowest BCUT2D eigenvalue weighted by Gasteiger charge is -2.13. The highest BCUT2D eigenvalue weighted by Gasteiger charge is 2.21. The van der Waals surface area contributed by atoms with Crippen LogP contribution >= 0.6 is 0 Å². The molecule has 0 saturated heterocycles. The molecule has 0 unspecified atom stereocenters. The molecule has 0 fully saturated rings. The Morgan fingerprint density at radius 1 is 1.26 bits per heavy atom. The van der Waals surface area contributed by atoms with Gasteiger partial charge in [-0.15, -0.1) is 5.10 Å². The van der Waals surface area contributed by atoms with Crippen LogP contribution in [0.3, 0.4) is 0 Å². The van der Waals surface area contributed by atoms with Gasteiger partial charge < -0.3 is 10.2 Å². The second-order valence-electron chi connectivity index (χ2n) is 5.28. The van der Waals surface area contributed by atoms with E-state index in [2.05, 4.69) is 30.4 Å². The summed E-state index contributed by atoms with van der Waals surface area (Å²) in [6.07, 6.45) is 1.65. The molecule has 0 radical (unpaired) electrons. The molecule has 0 saturated carbocycles. The molecule has 0 amide bonds. The fourth-order valence-electron chi connectivity index (χ4n) is 2.07. The summed E-state index contributed by atoms with van der Waals surface area (Å²) in [6.45, 7) is 3.94. The van der Waals surface area contributed by atoms with Gasteiger partial charge in [-0.05, 0) is 13.8 Å². The van der Waals surface area contributed by atoms with E-state index in [1.165, 1.54) is 0 Å². The number of anilines is 2. The SMILES string of the molecule is Cc1n[nH]c(C)c1S(=O)(=O)NCCNc1cc(N(C)C)cnn1. The van der Waals surface area contributed by atoms with Gasteiger partial charge in [-0.1, -0.05) is 0 Å². The van der Waals surface area contributed by atoms with Gasteiger partial charge in [-0.25, -0.2) is 13.1 Å². The van der Waals surface area contributed by atoms with Crippen LogP contribution in [0.5, 0.6) is 0 Å². The first-order chi connectivity index (χ1) is 10.8. The maximum absolute atomic E-state index is 12.3. The molecule has 2 heterocycles. The molecule has 0 aliphatic rings. The summed E-state index contributed by atoms with van der Waals surface area (Å²) >= 11 is 0. The predicted octanol–water partition coefficient (Wildman–Crippen LogP) is 0.273. The minimum Gasteiger partial charge on any atom is -0.376 e. The third-order valence-electron chi connectivity index (χ3n) is 3.21. The number of rotatable bonds is 7. The topological polar surface area (TPSA) is 116 Å². The van der Waals surface area contributed by atoms with E-state index in [0.717, 1.165) is 5.69 Å². The Kier molecular flexibility index (Phi) is 5.16. The smallest absolute Gasteiger partial charge is 0.244 e. The molecule has 23 heavy (non-hydrogen) atoms. The summed E-state index contributed by atoms with van der Waals surface area (Å²) < 4.78 is 27.1. The minimum absolute atomic E-state index is 0.201. The third kappa shape index (κ3) is 4.17. The lowest BCUT2D eigenvalue weighted by atomic mass is 10.4. The molecule has 0 aromatic carbocycles. The van der Waals surface area contributed by atoms with Crippen LogP contribution in [0.25, 0.3) is 0 Å². The fraction of sp³-hybridized carbons (Fsp3) is 0.462. The van der Waals surface area contributed by atoms with Crippen LogP contribution < -0.4 is 14.9 Å². The maximum Gasteiger partial charge on any atom is 0.244 e. The van der Waals surface area contributed by atoms with Crippen LogP contribution in [0.2, 0.25) is 0 Å². The van der Waals surface area contributed by atoms with Gasteiger partial charge >= 0.3 is 0 Å². The number of aromatic nitrogens is 4. The molecule has 9 nitrogen and oxygen atoms in total. The van der Waals surface area contributed by atoms with Gasteiger partial charge in [0.15, 0.2) is 5.82 Å². The first-order valence-electron chi connectivity index (χ1n) is 7.06. The molecule has 10 heteroatoms. The normalized spacial score (nSPS) is 11.5. The molecular formula is C13H21N7O2S. The second kappa shape index (κ2) is 6.92. The van der Waals surface area contributed by atoms with Crippen molar-refractivity contribution in [3.63, 3.8) is 0 Å². The van der Waals surface area contributed by atoms with E-state index < -0.39 is 10.0 Å². The summed E-state index contributed by atoms with van der Waals surface area (Å²) in [4.78, 5) is 2.11. The summed E-state index contributed by atoms with van der Waals surface area (Å²) in [6, 6.07) is 1.84. The highest BCUT2D eigenvalue weighted by molar-refractivity contribution is 7.89. The van der Waals surface area contributed by atoms with Gasteiger partial charge in [0.1, 0.15) is 4.90 Å². The zero-order valence-electron chi connectivity index (χ0n) is 13.6. The molecule has 0 atom stereocenters. The van der Waals surface area contributed by atoms with Crippen molar-refractivity contribution in [3.05, 3.63) is 23.7 Å². The quantitative estimate of drug-likeness (QED) is 0.620. The fourth-order valence-corrected chi connectivity index (χ4v) is 3.47. The monoisotopic (exact) mass is 339 g/mol. The summed E-state index contributed by atoms with van der Waals surface area (Å²) in [5.74, 6) is 0.589. The van der Waals surface area contributed by atoms with E-state index >= 15 is 0 Å². The van der Waals surface area contributed by atoms with Gasteiger partial charge in [0.2, 0.25) is 10.0 Å². The highest BCUT2D eigenvalue weighted by atomic mass is 32.2. The number of nitrogens with one attached hydrogen (secondary N) is 3. The largest absolute Gasteiger partial charge is 0.376 e. The lowest BCUT2D eigenvalue weighted by molar-refractivity contribution is 0.581. The third-order valence-corrected chi connectivity index (χ3v) is 4.93. The minimum atomic E-state index is -3.58. The summed E-state index contributed by atoms with van der Waals surface area (Å²) in [5.41, 5.74) is 1.88. The number of nitrogens with zero attached hydrogens (tertiary/aromatic N) is 4. The molecule has 0 aliphatic heterocycles. The van der Waals surface area contributed by atoms with E-state index in [4.69, 9.17) is 0 Å². The highest BCUT2D eigenvalue weighted by Crippen LogP contribution is 2.16. The Morgan fingerprint density at radius 3 is 2.61 bits per heavy atom. The Hall–Kier alpha value is -2.20. The second-order valence-corrected chi connectivity index (χ2v) is 6.98. The van der Waals surface area contributed by atoms with Crippen molar-refractivity contribution in [1.82, 2.24) is 25.1 Å². The lowest BCUT2D eigenvalue weighted by Crippen LogP contribution is -2.29. The summed E-state index contributed by atoms with van der Waals surface area (Å²) in [5, 5.41) is 17.5. The van der Waals surface area contributed by atoms with Crippen molar-refractivity contribution in [2.24, 2.45) is 0 Å². The molecule has 2 aromatic heterocycles. The number of sulfonamides is 1. The first kappa shape index (κ1) is 17.2. The van der Waals surface area contributed by atoms with Crippen LogP contribution in [0.15, 0.2) is 17.2 Å². The van der Waals surface area contributed by atoms with Crippen molar-refractivity contribution < 1.29 is 8.42 Å². The molecule has 2 aromatic rings. The number of hydrogen-bond donors (Lipinski definition) is 3. The standard InChI is InChI=1S/C13H21N7O2S/c1-9-13(10(2)18-17-9)23(21,22)16-6-5-14-12-7-11(20(3)4)8-15-19-12/h7-8,16H,5-6H2,1-4H3,(H,14,19)(H,17,18). The first-order valence-corrected chi connectivity index (χ1v) is 8.54. The van der Waals surface area contributed by atoms with E-state index in [1.54, 1.807) is 20.0 Å². The Bertz CT molecular complexity index is 751. The van der Waals surface area contributed by atoms with Crippen molar-refractivity contribution in [2.45, 2.75) is 18.7 Å². The van der Waals surface area contributed by atoms with E-state index in [-0.39, 0.29) is 11.4 Å². The Labute approximate surface area is 135 Å². The van der Waals surface area contributed by atoms with Gasteiger partial charge in [-0.2, -0.15) is 10.2 Å². The number of aromatic amines is 1. The van der Waals surface area contributed by atoms with Gasteiger partial charge in [0, 0.05) is 33.3 Å². The molecule has 2 rings (SSSR count). The van der Waals surface area contributed by atoms with Crippen LogP contribution in [0.1, 0.15) is 11.4 Å². The maximum atomic E-state index is 12.3. The number of aryl methyl sites for hydroxylation is 2. The van der Waals surface area contributed by atoms with E-state index in [9.17, 15) is 8.42 Å². The number of hydrogen-bond acceptors (Lipinski definition) is 7. The van der Waals surface area contributed by atoms with Crippen LogP contribution in [0, 0.1) is 13.8 Å². The summed E-state index contributed by atoms with van der Waals surface area (Å²) in [7, 11) is 0.232. The molecule has 126 valence electrons. The average molecular weight is 339 g/mol. The van der Waals surface area contributed by atoms with Crippen molar-refractivity contribution in [3.8, 4) is 0 Å². The zero-order valence-corrected chi connectivity index (χ0v) is 14.4. The Balaban J connectivity index is 1.92. The molecule has 0 spiro atoms. The van der Waals surface area contributed by atoms with Crippen molar-refractivity contribution in [2.75, 3.05) is 37.4 Å². The van der Waals surface area contributed by atoms with Gasteiger partial charge in [0.05, 0.1) is 23.3 Å². The van der Waals surface area contributed by atoms with Gasteiger partial charge in [0.25, 0.3) is 0 Å². The van der Waals surface area contributed by atoms with Crippen LogP contribution in [-0.4, -0.2) is 56.0 Å². The van der Waals surface area contributed by atoms with E-state index in [1.807, 2.05) is 25.1 Å². The zero-order chi connectivity index (χ0) is 17.0. The van der Waals surface area contributed by atoms with Crippen LogP contribution in [0.4, 0.5) is 11.5 Å². The number of H-pyrrole nitrogens is 1. The molecule has 3 N–H and O–H groups in total. The van der Waals surface area contributed by atoms with Crippen molar-refractivity contribution >= 4 is 21.5 Å². The van der Waals surface area contributed by atoms with E-state index in [0.29, 0.717) is 23.8 Å². The molecular weight excluding hydrogens is 318 g/mol. The Morgan fingerprint density at radius 2 is 2.00 bits per heavy atom. The molecule has 0 bridgehead atoms. The molecule has 0 aliphatic carbocycles. The van der Waals surface area contributed by atoms with Crippen molar-refractivity contribution in [1.29, 1.82) is 0 Å². The predicted molar refractivity (Wildman–Crippen MR) is 88.1 cm³/mol.